The Balaban J connectivity index is 2.57. The van der Waals surface area contributed by atoms with Gasteiger partial charge >= 0.3 is 6.09 Å². The highest BCUT2D eigenvalue weighted by molar-refractivity contribution is 5.66. The number of hydrogen-bond acceptors (Lipinski definition) is 3. The zero-order chi connectivity index (χ0) is 8.10. The number of allylic oxidation sites excluding steroid dienone is 4. The maximum absolute atomic E-state index is 10.3. The van der Waals surface area contributed by atoms with Gasteiger partial charge < -0.3 is 15.8 Å². The van der Waals surface area contributed by atoms with E-state index in [0.29, 0.717) is 5.88 Å². The van der Waals surface area contributed by atoms with Gasteiger partial charge in [0.2, 0.25) is 5.88 Å². The Labute approximate surface area is 64.0 Å². The van der Waals surface area contributed by atoms with Crippen molar-refractivity contribution in [3.63, 3.8) is 0 Å². The number of amides is 1. The summed E-state index contributed by atoms with van der Waals surface area (Å²) in [5.41, 5.74) is 4.78. The molecule has 0 aromatic rings. The lowest BCUT2D eigenvalue weighted by atomic mass is 10.5. The molecular weight excluding hydrogens is 144 g/mol. The summed E-state index contributed by atoms with van der Waals surface area (Å²) in [4.78, 5) is 10.3. The summed E-state index contributed by atoms with van der Waals surface area (Å²) < 4.78 is 4.56. The van der Waals surface area contributed by atoms with Gasteiger partial charge in [-0.25, -0.2) is 4.79 Å². The van der Waals surface area contributed by atoms with Gasteiger partial charge in [0, 0.05) is 6.20 Å². The molecule has 1 heterocycles. The van der Waals surface area contributed by atoms with E-state index in [4.69, 9.17) is 5.73 Å². The summed E-state index contributed by atoms with van der Waals surface area (Å²) in [7, 11) is 0. The van der Waals surface area contributed by atoms with Crippen molar-refractivity contribution in [1.29, 1.82) is 0 Å². The summed E-state index contributed by atoms with van der Waals surface area (Å²) >= 11 is 0. The van der Waals surface area contributed by atoms with Crippen LogP contribution in [0.2, 0.25) is 0 Å². The fraction of sp³-hybridized carbons (Fsp3) is 0. The molecule has 4 nitrogen and oxygen atoms in total. The molecule has 58 valence electrons. The van der Waals surface area contributed by atoms with E-state index in [2.05, 4.69) is 10.1 Å². The highest BCUT2D eigenvalue weighted by Gasteiger charge is 1.98. The van der Waals surface area contributed by atoms with Crippen LogP contribution in [0.1, 0.15) is 0 Å². The topological polar surface area (TPSA) is 64.4 Å². The average Bonchev–Trinajstić information content (AvgIpc) is 2.14. The highest BCUT2D eigenvalue weighted by atomic mass is 16.6. The fourth-order valence-corrected chi connectivity index (χ4v) is 0.613. The van der Waals surface area contributed by atoms with Crippen molar-refractivity contribution in [2.24, 2.45) is 5.73 Å². The molecule has 1 aliphatic rings. The van der Waals surface area contributed by atoms with Gasteiger partial charge in [0.15, 0.2) is 0 Å². The van der Waals surface area contributed by atoms with Gasteiger partial charge in [-0.15, -0.1) is 0 Å². The standard InChI is InChI=1S/C7H8N2O2/c8-7(10)11-6-4-2-1-3-5-9-6/h1-5,9H,(H2,8,10). The molecule has 1 amide bonds. The van der Waals surface area contributed by atoms with Crippen molar-refractivity contribution in [3.05, 3.63) is 36.4 Å². The number of ether oxygens (including phenoxy) is 1. The van der Waals surface area contributed by atoms with Gasteiger partial charge in [0.25, 0.3) is 0 Å². The van der Waals surface area contributed by atoms with Crippen LogP contribution in [0.15, 0.2) is 36.4 Å². The Bertz CT molecular complexity index is 241. The third-order valence-electron chi connectivity index (χ3n) is 1.00. The van der Waals surface area contributed by atoms with Crippen LogP contribution in [0.5, 0.6) is 0 Å². The Morgan fingerprint density at radius 2 is 2.27 bits per heavy atom. The Hall–Kier alpha value is -1.71. The smallest absolute Gasteiger partial charge is 0.394 e. The summed E-state index contributed by atoms with van der Waals surface area (Å²) in [6, 6.07) is 0. The number of carbonyl (C=O) groups is 1. The quantitative estimate of drug-likeness (QED) is 0.578. The molecule has 11 heavy (non-hydrogen) atoms. The van der Waals surface area contributed by atoms with Crippen LogP contribution in [0, 0.1) is 0 Å². The van der Waals surface area contributed by atoms with Gasteiger partial charge in [-0.2, -0.15) is 0 Å². The zero-order valence-corrected chi connectivity index (χ0v) is 5.78. The summed E-state index contributed by atoms with van der Waals surface area (Å²) in [6.45, 7) is 0. The van der Waals surface area contributed by atoms with Gasteiger partial charge in [0.05, 0.1) is 0 Å². The molecule has 0 saturated heterocycles. The molecule has 0 aromatic carbocycles. The van der Waals surface area contributed by atoms with E-state index >= 15 is 0 Å². The SMILES string of the molecule is NC(=O)OC1=CC=CC=CN1. The van der Waals surface area contributed by atoms with Crippen LogP contribution in [0.3, 0.4) is 0 Å². The first kappa shape index (κ1) is 7.40. The van der Waals surface area contributed by atoms with E-state index in [9.17, 15) is 4.79 Å². The zero-order valence-electron chi connectivity index (χ0n) is 5.78. The van der Waals surface area contributed by atoms with E-state index in [1.54, 1.807) is 30.5 Å². The third kappa shape index (κ3) is 2.57. The molecular formula is C7H8N2O2. The molecule has 0 bridgehead atoms. The van der Waals surface area contributed by atoms with Crippen LogP contribution in [-0.2, 0) is 4.74 Å². The molecule has 1 aliphatic heterocycles. The van der Waals surface area contributed by atoms with Gasteiger partial charge in [-0.1, -0.05) is 12.2 Å². The van der Waals surface area contributed by atoms with Gasteiger partial charge in [-0.3, -0.25) is 0 Å². The van der Waals surface area contributed by atoms with E-state index < -0.39 is 6.09 Å². The van der Waals surface area contributed by atoms with Crippen molar-refractivity contribution in [1.82, 2.24) is 5.32 Å². The van der Waals surface area contributed by atoms with Gasteiger partial charge in [-0.05, 0) is 12.2 Å². The predicted octanol–water partition coefficient (Wildman–Crippen LogP) is 0.596. The number of primary amides is 1. The molecule has 4 heteroatoms. The second-order valence-electron chi connectivity index (χ2n) is 1.84. The monoisotopic (exact) mass is 152 g/mol. The van der Waals surface area contributed by atoms with Crippen LogP contribution in [-0.4, -0.2) is 6.09 Å². The lowest BCUT2D eigenvalue weighted by Crippen LogP contribution is -2.18. The number of nitrogens with two attached hydrogens (primary N) is 1. The number of carbonyl (C=O) groups excluding carboxylic acids is 1. The summed E-state index contributed by atoms with van der Waals surface area (Å²) in [5, 5.41) is 2.71. The Kier molecular flexibility index (Phi) is 2.32. The molecule has 1 rings (SSSR count). The van der Waals surface area contributed by atoms with Crippen LogP contribution in [0.4, 0.5) is 4.79 Å². The maximum Gasteiger partial charge on any atom is 0.411 e. The van der Waals surface area contributed by atoms with Crippen molar-refractivity contribution >= 4 is 6.09 Å². The van der Waals surface area contributed by atoms with Crippen LogP contribution < -0.4 is 11.1 Å². The lowest BCUT2D eigenvalue weighted by Gasteiger charge is -2.02. The van der Waals surface area contributed by atoms with Crippen molar-refractivity contribution in [2.45, 2.75) is 0 Å². The van der Waals surface area contributed by atoms with Crippen LogP contribution >= 0.6 is 0 Å². The van der Waals surface area contributed by atoms with E-state index in [-0.39, 0.29) is 0 Å². The van der Waals surface area contributed by atoms with Gasteiger partial charge in [0.1, 0.15) is 0 Å². The molecule has 0 atom stereocenters. The predicted molar refractivity (Wildman–Crippen MR) is 40.2 cm³/mol. The molecule has 0 radical (unpaired) electrons. The third-order valence-corrected chi connectivity index (χ3v) is 1.00. The molecule has 0 aliphatic carbocycles. The second-order valence-corrected chi connectivity index (χ2v) is 1.84. The van der Waals surface area contributed by atoms with E-state index in [0.717, 1.165) is 0 Å². The minimum atomic E-state index is -0.826. The first-order valence-electron chi connectivity index (χ1n) is 3.06. The minimum absolute atomic E-state index is 0.322. The molecule has 3 N–H and O–H groups in total. The van der Waals surface area contributed by atoms with E-state index in [1.165, 1.54) is 0 Å². The maximum atomic E-state index is 10.3. The number of rotatable bonds is 1. The van der Waals surface area contributed by atoms with Crippen molar-refractivity contribution < 1.29 is 9.53 Å². The lowest BCUT2D eigenvalue weighted by molar-refractivity contribution is 0.182. The largest absolute Gasteiger partial charge is 0.411 e. The molecule has 0 unspecified atom stereocenters. The summed E-state index contributed by atoms with van der Waals surface area (Å²) in [6.07, 6.45) is 7.71. The van der Waals surface area contributed by atoms with E-state index in [1.807, 2.05) is 0 Å². The molecule has 0 aromatic heterocycles. The van der Waals surface area contributed by atoms with Crippen molar-refractivity contribution in [3.8, 4) is 0 Å². The summed E-state index contributed by atoms with van der Waals surface area (Å²) in [5.74, 6) is 0.322. The molecule has 0 spiro atoms. The Morgan fingerprint density at radius 3 is 3.00 bits per heavy atom. The highest BCUT2D eigenvalue weighted by Crippen LogP contribution is 1.96. The molecule has 0 fully saturated rings. The first-order valence-corrected chi connectivity index (χ1v) is 3.06. The van der Waals surface area contributed by atoms with Crippen molar-refractivity contribution in [2.75, 3.05) is 0 Å². The average molecular weight is 152 g/mol. The first-order chi connectivity index (χ1) is 5.29. The van der Waals surface area contributed by atoms with Crippen LogP contribution in [0.25, 0.3) is 0 Å². The second kappa shape index (κ2) is 3.46. The minimum Gasteiger partial charge on any atom is -0.394 e. The number of nitrogens with one attached hydrogen (secondary N) is 1. The fourth-order valence-electron chi connectivity index (χ4n) is 0.613. The normalized spacial score (nSPS) is 14.7. The molecule has 0 saturated carbocycles. The Morgan fingerprint density at radius 1 is 1.45 bits per heavy atom. The number of hydrogen-bond donors (Lipinski definition) is 2.